The highest BCUT2D eigenvalue weighted by Crippen LogP contribution is 2.29. The number of amides is 2. The predicted molar refractivity (Wildman–Crippen MR) is 106 cm³/mol. The number of hydrogen-bond donors (Lipinski definition) is 4. The molecule has 26 heavy (non-hydrogen) atoms. The van der Waals surface area contributed by atoms with Crippen LogP contribution in [-0.4, -0.2) is 34.7 Å². The maximum Gasteiger partial charge on any atom is 0.273 e. The number of nitrogens with one attached hydrogen (secondary N) is 3. The fraction of sp³-hybridized carbons (Fsp3) is 0.167. The molecular weight excluding hydrogens is 370 g/mol. The summed E-state index contributed by atoms with van der Waals surface area (Å²) in [5.74, 6) is -0.458. The largest absolute Gasteiger partial charge is 0.392 e. The van der Waals surface area contributed by atoms with Gasteiger partial charge in [-0.05, 0) is 55.0 Å². The van der Waals surface area contributed by atoms with Crippen molar-refractivity contribution in [3.8, 4) is 10.4 Å². The van der Waals surface area contributed by atoms with Crippen LogP contribution in [0.25, 0.3) is 16.5 Å². The Hall–Kier alpha value is -2.55. The van der Waals surface area contributed by atoms with Gasteiger partial charge < -0.3 is 15.7 Å². The highest BCUT2D eigenvalue weighted by atomic mass is 32.1. The lowest BCUT2D eigenvalue weighted by atomic mass is 10.1. The van der Waals surface area contributed by atoms with Crippen molar-refractivity contribution in [2.45, 2.75) is 13.0 Å². The summed E-state index contributed by atoms with van der Waals surface area (Å²) in [4.78, 5) is 25.6. The minimum Gasteiger partial charge on any atom is -0.392 e. The molecule has 1 atom stereocenters. The summed E-state index contributed by atoms with van der Waals surface area (Å²) in [6, 6.07) is 11.1. The van der Waals surface area contributed by atoms with E-state index in [0.29, 0.717) is 16.4 Å². The Labute approximate surface area is 159 Å². The lowest BCUT2D eigenvalue weighted by molar-refractivity contribution is -0.115. The van der Waals surface area contributed by atoms with Gasteiger partial charge in [0.1, 0.15) is 5.70 Å². The zero-order valence-electron chi connectivity index (χ0n) is 13.9. The molecule has 1 unspecified atom stereocenters. The minimum absolute atomic E-state index is 0.217. The zero-order valence-corrected chi connectivity index (χ0v) is 15.5. The number of carbonyl (C=O) groups is 2. The highest BCUT2D eigenvalue weighted by molar-refractivity contribution is 7.80. The van der Waals surface area contributed by atoms with Crippen molar-refractivity contribution in [1.82, 2.24) is 16.0 Å². The van der Waals surface area contributed by atoms with Gasteiger partial charge in [0.2, 0.25) is 0 Å². The monoisotopic (exact) mass is 387 g/mol. The van der Waals surface area contributed by atoms with E-state index in [1.165, 1.54) is 11.3 Å². The first-order valence-electron chi connectivity index (χ1n) is 7.93. The van der Waals surface area contributed by atoms with Gasteiger partial charge in [-0.25, -0.2) is 0 Å². The Morgan fingerprint density at radius 2 is 2.00 bits per heavy atom. The van der Waals surface area contributed by atoms with E-state index in [4.69, 9.17) is 12.2 Å². The van der Waals surface area contributed by atoms with Crippen molar-refractivity contribution >= 4 is 46.6 Å². The standard InChI is InChI=1S/C18H17N3O3S2/c1-10(22)9-19-16(23)12-4-2-11(3-5-12)15-7-6-13(26-15)8-14-17(24)21-18(25)20-14/h2-8,10,22H,9H2,1H3,(H,19,23)(H2,20,21,24,25)/b14-8+. The van der Waals surface area contributed by atoms with Gasteiger partial charge >= 0.3 is 0 Å². The number of thiocarbonyl (C=S) groups is 1. The van der Waals surface area contributed by atoms with Crippen molar-refractivity contribution in [2.75, 3.05) is 6.54 Å². The first kappa shape index (κ1) is 18.2. The predicted octanol–water partition coefficient (Wildman–Crippen LogP) is 1.87. The SMILES string of the molecule is CC(O)CNC(=O)c1ccc(-c2ccc(/C=C3/NC(=S)NC3=O)s2)cc1. The van der Waals surface area contributed by atoms with Crippen LogP contribution in [0.5, 0.6) is 0 Å². The summed E-state index contributed by atoms with van der Waals surface area (Å²) in [7, 11) is 0. The van der Waals surface area contributed by atoms with Crippen LogP contribution in [0.4, 0.5) is 0 Å². The Morgan fingerprint density at radius 3 is 2.62 bits per heavy atom. The minimum atomic E-state index is -0.581. The lowest BCUT2D eigenvalue weighted by Crippen LogP contribution is -2.30. The number of thiophene rings is 1. The van der Waals surface area contributed by atoms with Gasteiger partial charge in [-0.2, -0.15) is 0 Å². The number of rotatable bonds is 5. The average molecular weight is 387 g/mol. The zero-order chi connectivity index (χ0) is 18.7. The van der Waals surface area contributed by atoms with Crippen molar-refractivity contribution < 1.29 is 14.7 Å². The summed E-state index contributed by atoms with van der Waals surface area (Å²) in [5, 5.41) is 17.5. The molecule has 1 fully saturated rings. The number of hydrogen-bond acceptors (Lipinski definition) is 5. The molecule has 3 rings (SSSR count). The molecule has 2 aromatic rings. The molecule has 4 N–H and O–H groups in total. The van der Waals surface area contributed by atoms with Crippen molar-refractivity contribution in [3.63, 3.8) is 0 Å². The summed E-state index contributed by atoms with van der Waals surface area (Å²) >= 11 is 6.44. The molecule has 6 nitrogen and oxygen atoms in total. The average Bonchev–Trinajstić information content (AvgIpc) is 3.19. The van der Waals surface area contributed by atoms with Gasteiger partial charge in [0.05, 0.1) is 6.10 Å². The third-order valence-corrected chi connectivity index (χ3v) is 4.91. The third-order valence-electron chi connectivity index (χ3n) is 3.62. The molecule has 0 radical (unpaired) electrons. The fourth-order valence-corrected chi connectivity index (χ4v) is 3.50. The highest BCUT2D eigenvalue weighted by Gasteiger charge is 2.20. The van der Waals surface area contributed by atoms with Crippen molar-refractivity contribution in [3.05, 3.63) is 52.5 Å². The van der Waals surface area contributed by atoms with E-state index >= 15 is 0 Å². The molecule has 1 aliphatic heterocycles. The number of benzene rings is 1. The van der Waals surface area contributed by atoms with Gasteiger partial charge in [-0.3, -0.25) is 14.9 Å². The summed E-state index contributed by atoms with van der Waals surface area (Å²) in [5.41, 5.74) is 1.94. The van der Waals surface area contributed by atoms with Gasteiger partial charge in [0.25, 0.3) is 11.8 Å². The van der Waals surface area contributed by atoms with E-state index in [-0.39, 0.29) is 18.4 Å². The van der Waals surface area contributed by atoms with Gasteiger partial charge in [-0.15, -0.1) is 11.3 Å². The first-order chi connectivity index (χ1) is 12.4. The van der Waals surface area contributed by atoms with Crippen molar-refractivity contribution in [1.29, 1.82) is 0 Å². The van der Waals surface area contributed by atoms with Gasteiger partial charge in [0.15, 0.2) is 5.11 Å². The molecule has 1 aromatic heterocycles. The summed E-state index contributed by atoms with van der Waals surface area (Å²) < 4.78 is 0. The van der Waals surface area contributed by atoms with Crippen LogP contribution in [0.15, 0.2) is 42.1 Å². The number of aliphatic hydroxyl groups is 1. The normalized spacial score (nSPS) is 16.3. The molecular formula is C18H17N3O3S2. The molecule has 2 amide bonds. The molecule has 1 aromatic carbocycles. The van der Waals surface area contributed by atoms with Gasteiger partial charge in [-0.1, -0.05) is 12.1 Å². The molecule has 134 valence electrons. The van der Waals surface area contributed by atoms with E-state index in [0.717, 1.165) is 15.3 Å². The van der Waals surface area contributed by atoms with Crippen LogP contribution in [0.1, 0.15) is 22.2 Å². The summed E-state index contributed by atoms with van der Waals surface area (Å²) in [6.45, 7) is 1.83. The third kappa shape index (κ3) is 4.34. The second-order valence-electron chi connectivity index (χ2n) is 5.80. The Bertz CT molecular complexity index is 885. The van der Waals surface area contributed by atoms with Crippen LogP contribution in [0.3, 0.4) is 0 Å². The molecule has 0 aliphatic carbocycles. The Balaban J connectivity index is 1.71. The molecule has 0 saturated carbocycles. The molecule has 0 bridgehead atoms. The van der Waals surface area contributed by atoms with Crippen LogP contribution < -0.4 is 16.0 Å². The summed E-state index contributed by atoms with van der Waals surface area (Å²) in [6.07, 6.45) is 1.17. The quantitative estimate of drug-likeness (QED) is 0.465. The Kier molecular flexibility index (Phi) is 5.46. The van der Waals surface area contributed by atoms with Crippen LogP contribution >= 0.6 is 23.6 Å². The first-order valence-corrected chi connectivity index (χ1v) is 9.15. The van der Waals surface area contributed by atoms with E-state index in [2.05, 4.69) is 16.0 Å². The van der Waals surface area contributed by atoms with E-state index in [1.54, 1.807) is 25.1 Å². The van der Waals surface area contributed by atoms with E-state index < -0.39 is 6.10 Å². The maximum absolute atomic E-state index is 12.0. The van der Waals surface area contributed by atoms with Crippen LogP contribution in [-0.2, 0) is 4.79 Å². The molecule has 2 heterocycles. The second kappa shape index (κ2) is 7.77. The number of carbonyl (C=O) groups excluding carboxylic acids is 2. The fourth-order valence-electron chi connectivity index (χ4n) is 2.34. The molecule has 8 heteroatoms. The lowest BCUT2D eigenvalue weighted by Gasteiger charge is -2.07. The number of aliphatic hydroxyl groups excluding tert-OH is 1. The smallest absolute Gasteiger partial charge is 0.273 e. The van der Waals surface area contributed by atoms with Gasteiger partial charge in [0, 0.05) is 21.9 Å². The second-order valence-corrected chi connectivity index (χ2v) is 7.33. The molecule has 1 aliphatic rings. The topological polar surface area (TPSA) is 90.5 Å². The van der Waals surface area contributed by atoms with Crippen LogP contribution in [0, 0.1) is 0 Å². The molecule has 1 saturated heterocycles. The molecule has 0 spiro atoms. The maximum atomic E-state index is 12.0. The van der Waals surface area contributed by atoms with Crippen LogP contribution in [0.2, 0.25) is 0 Å². The van der Waals surface area contributed by atoms with Crippen molar-refractivity contribution in [2.24, 2.45) is 0 Å². The van der Waals surface area contributed by atoms with E-state index in [1.807, 2.05) is 24.3 Å². The Morgan fingerprint density at radius 1 is 1.27 bits per heavy atom. The van der Waals surface area contributed by atoms with E-state index in [9.17, 15) is 14.7 Å².